The summed E-state index contributed by atoms with van der Waals surface area (Å²) in [6.07, 6.45) is 6.26. The predicted octanol–water partition coefficient (Wildman–Crippen LogP) is 3.43. The Morgan fingerprint density at radius 1 is 1.43 bits per heavy atom. The summed E-state index contributed by atoms with van der Waals surface area (Å²) in [6, 6.07) is 4.10. The first kappa shape index (κ1) is 14.5. The van der Waals surface area contributed by atoms with Gasteiger partial charge in [0, 0.05) is 35.4 Å². The molecule has 0 fully saturated rings. The van der Waals surface area contributed by atoms with Gasteiger partial charge in [0.25, 0.3) is 0 Å². The summed E-state index contributed by atoms with van der Waals surface area (Å²) in [7, 11) is 0. The van der Waals surface area contributed by atoms with Gasteiger partial charge in [-0.15, -0.1) is 11.6 Å². The zero-order valence-corrected chi connectivity index (χ0v) is 13.9. The molecule has 0 radical (unpaired) electrons. The second-order valence-electron chi connectivity index (χ2n) is 4.91. The first-order valence-electron chi connectivity index (χ1n) is 6.75. The summed E-state index contributed by atoms with van der Waals surface area (Å²) in [4.78, 5) is 9.18. The van der Waals surface area contributed by atoms with Crippen molar-refractivity contribution < 1.29 is 0 Å². The molecule has 5 nitrogen and oxygen atoms in total. The number of rotatable bonds is 5. The smallest absolute Gasteiger partial charge is 0.160 e. The molecule has 3 aromatic heterocycles. The van der Waals surface area contributed by atoms with Crippen LogP contribution in [-0.4, -0.2) is 30.2 Å². The van der Waals surface area contributed by atoms with Gasteiger partial charge in [0.15, 0.2) is 5.65 Å². The van der Waals surface area contributed by atoms with E-state index in [0.29, 0.717) is 5.88 Å². The van der Waals surface area contributed by atoms with Gasteiger partial charge in [-0.25, -0.2) is 9.97 Å². The first-order chi connectivity index (χ1) is 10.2. The van der Waals surface area contributed by atoms with Gasteiger partial charge < -0.3 is 4.57 Å². The molecule has 21 heavy (non-hydrogen) atoms. The van der Waals surface area contributed by atoms with E-state index >= 15 is 0 Å². The highest BCUT2D eigenvalue weighted by molar-refractivity contribution is 9.10. The second kappa shape index (κ2) is 6.15. The maximum absolute atomic E-state index is 5.91. The highest BCUT2D eigenvalue weighted by atomic mass is 79.9. The molecule has 0 aromatic carbocycles. The fourth-order valence-electron chi connectivity index (χ4n) is 2.49. The minimum absolute atomic E-state index is 0.196. The molecule has 1 atom stereocenters. The lowest BCUT2D eigenvalue weighted by molar-refractivity contribution is 0.434. The summed E-state index contributed by atoms with van der Waals surface area (Å²) in [6.45, 7) is 2.91. The molecular weight excluding hydrogens is 354 g/mol. The van der Waals surface area contributed by atoms with Crippen molar-refractivity contribution >= 4 is 38.7 Å². The first-order valence-corrected chi connectivity index (χ1v) is 8.07. The normalized spacial score (nSPS) is 12.9. The Morgan fingerprint density at radius 3 is 3.00 bits per heavy atom. The van der Waals surface area contributed by atoms with E-state index < -0.39 is 0 Å². The summed E-state index contributed by atoms with van der Waals surface area (Å²) in [5.74, 6) is 1.50. The van der Waals surface area contributed by atoms with Gasteiger partial charge in [-0.05, 0) is 35.0 Å². The summed E-state index contributed by atoms with van der Waals surface area (Å²) >= 11 is 9.35. The Kier molecular flexibility index (Phi) is 4.26. The van der Waals surface area contributed by atoms with Gasteiger partial charge in [0.2, 0.25) is 0 Å². The van der Waals surface area contributed by atoms with Gasteiger partial charge in [0.1, 0.15) is 11.3 Å². The fourth-order valence-corrected chi connectivity index (χ4v) is 2.98. The molecule has 0 saturated carbocycles. The van der Waals surface area contributed by atoms with Crippen LogP contribution in [0.25, 0.3) is 11.2 Å². The van der Waals surface area contributed by atoms with E-state index in [9.17, 15) is 0 Å². The number of halogens is 2. The lowest BCUT2D eigenvalue weighted by atomic mass is 10.3. The van der Waals surface area contributed by atoms with Crippen molar-refractivity contribution in [1.82, 2.24) is 24.3 Å². The Hall–Kier alpha value is -1.40. The molecule has 1 unspecified atom stereocenters. The molecule has 0 aliphatic rings. The Balaban J connectivity index is 2.03. The van der Waals surface area contributed by atoms with E-state index in [2.05, 4.69) is 42.5 Å². The number of aromatic nitrogens is 5. The molecule has 0 N–H and O–H groups in total. The number of nitrogens with zero attached hydrogens (tertiary/aromatic N) is 5. The van der Waals surface area contributed by atoms with Crippen molar-refractivity contribution in [2.45, 2.75) is 25.9 Å². The molecule has 3 aromatic rings. The quantitative estimate of drug-likeness (QED) is 0.648. The number of fused-ring (bicyclic) bond motifs is 1. The number of hydrogen-bond donors (Lipinski definition) is 0. The molecule has 0 amide bonds. The molecule has 0 bridgehead atoms. The van der Waals surface area contributed by atoms with Crippen LogP contribution in [0, 0.1) is 0 Å². The average Bonchev–Trinajstić information content (AvgIpc) is 3.05. The highest BCUT2D eigenvalue weighted by Crippen LogP contribution is 2.23. The van der Waals surface area contributed by atoms with Crippen LogP contribution < -0.4 is 0 Å². The molecule has 3 heterocycles. The van der Waals surface area contributed by atoms with Crippen LogP contribution in [0.15, 0.2) is 35.2 Å². The fraction of sp³-hybridized carbons (Fsp3) is 0.357. The number of imidazole rings is 1. The lowest BCUT2D eigenvalue weighted by Crippen LogP contribution is -2.16. The summed E-state index contributed by atoms with van der Waals surface area (Å²) in [5, 5.41) is 4.26. The minimum atomic E-state index is 0.196. The highest BCUT2D eigenvalue weighted by Gasteiger charge is 2.17. The maximum atomic E-state index is 5.91. The lowest BCUT2D eigenvalue weighted by Gasteiger charge is -2.17. The number of pyridine rings is 1. The SMILES string of the molecule is CC(Cn1cccn1)n1c(CCCl)nc2cc(Br)cnc21. The minimum Gasteiger partial charge on any atom is -0.308 e. The summed E-state index contributed by atoms with van der Waals surface area (Å²) < 4.78 is 5.00. The van der Waals surface area contributed by atoms with Gasteiger partial charge in [-0.2, -0.15) is 5.10 Å². The van der Waals surface area contributed by atoms with Gasteiger partial charge in [-0.1, -0.05) is 0 Å². The molecule has 0 aliphatic carbocycles. The third-order valence-corrected chi connectivity index (χ3v) is 3.96. The molecule has 7 heteroatoms. The number of hydrogen-bond acceptors (Lipinski definition) is 3. The van der Waals surface area contributed by atoms with Crippen molar-refractivity contribution in [2.24, 2.45) is 0 Å². The predicted molar refractivity (Wildman–Crippen MR) is 86.6 cm³/mol. The van der Waals surface area contributed by atoms with Crippen molar-refractivity contribution in [1.29, 1.82) is 0 Å². The van der Waals surface area contributed by atoms with Crippen molar-refractivity contribution in [3.8, 4) is 0 Å². The van der Waals surface area contributed by atoms with Crippen LogP contribution in [-0.2, 0) is 13.0 Å². The molecular formula is C14H15BrClN5. The number of alkyl halides is 1. The molecule has 0 saturated heterocycles. The Labute approximate surface area is 136 Å². The van der Waals surface area contributed by atoms with E-state index in [1.54, 1.807) is 12.4 Å². The van der Waals surface area contributed by atoms with Gasteiger partial charge in [-0.3, -0.25) is 4.68 Å². The van der Waals surface area contributed by atoms with Crippen LogP contribution in [0.1, 0.15) is 18.8 Å². The number of aryl methyl sites for hydroxylation is 1. The zero-order chi connectivity index (χ0) is 14.8. The average molecular weight is 369 g/mol. The molecule has 0 aliphatic heterocycles. The Bertz CT molecular complexity index is 737. The van der Waals surface area contributed by atoms with E-state index in [-0.39, 0.29) is 6.04 Å². The third-order valence-electron chi connectivity index (χ3n) is 3.34. The molecule has 110 valence electrons. The van der Waals surface area contributed by atoms with Crippen LogP contribution in [0.4, 0.5) is 0 Å². The van der Waals surface area contributed by atoms with Crippen molar-refractivity contribution in [3.05, 3.63) is 41.0 Å². The van der Waals surface area contributed by atoms with Gasteiger partial charge in [0.05, 0.1) is 12.6 Å². The summed E-state index contributed by atoms with van der Waals surface area (Å²) in [5.41, 5.74) is 1.77. The van der Waals surface area contributed by atoms with E-state index in [1.807, 2.05) is 23.0 Å². The topological polar surface area (TPSA) is 48.5 Å². The van der Waals surface area contributed by atoms with E-state index in [1.165, 1.54) is 0 Å². The molecule has 3 rings (SSSR count). The Morgan fingerprint density at radius 2 is 2.29 bits per heavy atom. The maximum Gasteiger partial charge on any atom is 0.160 e. The largest absolute Gasteiger partial charge is 0.308 e. The van der Waals surface area contributed by atoms with Crippen LogP contribution in [0.5, 0.6) is 0 Å². The third kappa shape index (κ3) is 2.96. The van der Waals surface area contributed by atoms with E-state index in [0.717, 1.165) is 34.4 Å². The van der Waals surface area contributed by atoms with E-state index in [4.69, 9.17) is 11.6 Å². The van der Waals surface area contributed by atoms with Crippen molar-refractivity contribution in [2.75, 3.05) is 5.88 Å². The molecule has 0 spiro atoms. The van der Waals surface area contributed by atoms with Gasteiger partial charge >= 0.3 is 0 Å². The van der Waals surface area contributed by atoms with Crippen molar-refractivity contribution in [3.63, 3.8) is 0 Å². The second-order valence-corrected chi connectivity index (χ2v) is 6.20. The van der Waals surface area contributed by atoms with Crippen LogP contribution >= 0.6 is 27.5 Å². The zero-order valence-electron chi connectivity index (χ0n) is 11.6. The monoisotopic (exact) mass is 367 g/mol. The van der Waals surface area contributed by atoms with Crippen LogP contribution in [0.2, 0.25) is 0 Å². The van der Waals surface area contributed by atoms with Crippen LogP contribution in [0.3, 0.4) is 0 Å². The standard InChI is InChI=1S/C14H15BrClN5/c1-10(9-20-6-2-5-18-20)21-13(3-4-16)19-12-7-11(15)8-17-14(12)21/h2,5-8,10H,3-4,9H2,1H3.